The molecule has 2 rings (SSSR count). The van der Waals surface area contributed by atoms with Crippen LogP contribution < -0.4 is 10.9 Å². The molecule has 3 unspecified atom stereocenters. The second-order valence-corrected chi connectivity index (χ2v) is 7.86. The zero-order chi connectivity index (χ0) is 14.7. The molecule has 3 atom stereocenters. The van der Waals surface area contributed by atoms with Crippen LogP contribution in [0.3, 0.4) is 0 Å². The van der Waals surface area contributed by atoms with Crippen molar-refractivity contribution in [3.8, 4) is 0 Å². The molecule has 0 bridgehead atoms. The molecule has 4 nitrogen and oxygen atoms in total. The van der Waals surface area contributed by atoms with E-state index in [-0.39, 0.29) is 5.92 Å². The largest absolute Gasteiger partial charge is 0.327 e. The van der Waals surface area contributed by atoms with Crippen LogP contribution in [0.25, 0.3) is 0 Å². The van der Waals surface area contributed by atoms with Gasteiger partial charge in [-0.1, -0.05) is 32.8 Å². The maximum Gasteiger partial charge on any atom is 0.215 e. The van der Waals surface area contributed by atoms with Gasteiger partial charge >= 0.3 is 0 Å². The minimum absolute atomic E-state index is 0.224. The Balaban J connectivity index is 0.000000250. The van der Waals surface area contributed by atoms with Crippen molar-refractivity contribution in [3.63, 3.8) is 0 Å². The summed E-state index contributed by atoms with van der Waals surface area (Å²) in [7, 11) is -3.32. The molecule has 5 heteroatoms. The van der Waals surface area contributed by atoms with Crippen molar-refractivity contribution in [2.24, 2.45) is 22.7 Å². The Morgan fingerprint density at radius 3 is 2.21 bits per heavy atom. The zero-order valence-corrected chi connectivity index (χ0v) is 13.0. The van der Waals surface area contributed by atoms with Gasteiger partial charge in [0.15, 0.2) is 0 Å². The molecular weight excluding hydrogens is 260 g/mol. The van der Waals surface area contributed by atoms with Crippen molar-refractivity contribution in [1.82, 2.24) is 0 Å². The molecule has 0 heterocycles. The number of rotatable bonds is 6. The summed E-state index contributed by atoms with van der Waals surface area (Å²) in [6.45, 7) is 7.71. The highest BCUT2D eigenvalue weighted by Crippen LogP contribution is 2.49. The van der Waals surface area contributed by atoms with Gasteiger partial charge in [-0.15, -0.1) is 6.58 Å². The van der Waals surface area contributed by atoms with Crippen molar-refractivity contribution in [1.29, 1.82) is 0 Å². The van der Waals surface area contributed by atoms with Gasteiger partial charge in [-0.2, -0.15) is 0 Å². The predicted octanol–water partition coefficient (Wildman–Crippen LogP) is 2.15. The van der Waals surface area contributed by atoms with Gasteiger partial charge in [0, 0.05) is 6.04 Å². The van der Waals surface area contributed by atoms with Crippen molar-refractivity contribution in [2.75, 3.05) is 0 Å². The van der Waals surface area contributed by atoms with E-state index < -0.39 is 14.8 Å². The average Bonchev–Trinajstić information content (AvgIpc) is 3.19. The maximum absolute atomic E-state index is 11.3. The van der Waals surface area contributed by atoms with E-state index in [0.29, 0.717) is 12.0 Å². The summed E-state index contributed by atoms with van der Waals surface area (Å²) in [5.41, 5.74) is 5.41. The Kier molecular flexibility index (Phi) is 5.59. The van der Waals surface area contributed by atoms with Gasteiger partial charge in [0.05, 0.1) is 4.75 Å². The van der Waals surface area contributed by atoms with E-state index in [0.717, 1.165) is 38.5 Å². The van der Waals surface area contributed by atoms with Crippen molar-refractivity contribution in [2.45, 2.75) is 63.2 Å². The minimum atomic E-state index is -3.32. The zero-order valence-electron chi connectivity index (χ0n) is 12.1. The molecule has 0 amide bonds. The molecule has 4 N–H and O–H groups in total. The molecule has 19 heavy (non-hydrogen) atoms. The van der Waals surface area contributed by atoms with E-state index in [1.54, 1.807) is 0 Å². The van der Waals surface area contributed by atoms with Crippen LogP contribution in [0.15, 0.2) is 12.7 Å². The third-order valence-electron chi connectivity index (χ3n) is 4.39. The van der Waals surface area contributed by atoms with Crippen molar-refractivity contribution < 1.29 is 8.42 Å². The maximum atomic E-state index is 11.3. The summed E-state index contributed by atoms with van der Waals surface area (Å²) in [6, 6.07) is 0.447. The summed E-state index contributed by atoms with van der Waals surface area (Å²) in [5, 5.41) is 5.22. The fourth-order valence-corrected chi connectivity index (χ4v) is 3.81. The van der Waals surface area contributed by atoms with Gasteiger partial charge in [-0.05, 0) is 37.5 Å². The molecule has 2 fully saturated rings. The van der Waals surface area contributed by atoms with E-state index in [9.17, 15) is 8.42 Å². The third-order valence-corrected chi connectivity index (χ3v) is 6.34. The summed E-state index contributed by atoms with van der Waals surface area (Å²) >= 11 is 0. The van der Waals surface area contributed by atoms with Crippen molar-refractivity contribution in [3.05, 3.63) is 12.7 Å². The molecule has 0 spiro atoms. The van der Waals surface area contributed by atoms with Crippen molar-refractivity contribution >= 4 is 10.0 Å². The number of nitrogens with two attached hydrogens (primary N) is 2. The van der Waals surface area contributed by atoms with Crippen LogP contribution in [0.5, 0.6) is 0 Å². The van der Waals surface area contributed by atoms with Crippen LogP contribution in [0, 0.1) is 11.8 Å². The number of sulfonamides is 1. The van der Waals surface area contributed by atoms with Crippen LogP contribution in [0.1, 0.15) is 52.4 Å². The number of primary sulfonamides is 1. The minimum Gasteiger partial charge on any atom is -0.327 e. The summed E-state index contributed by atoms with van der Waals surface area (Å²) in [4.78, 5) is 0. The fourth-order valence-electron chi connectivity index (χ4n) is 2.46. The smallest absolute Gasteiger partial charge is 0.215 e. The lowest BCUT2D eigenvalue weighted by Gasteiger charge is -2.20. The molecule has 0 saturated heterocycles. The lowest BCUT2D eigenvalue weighted by atomic mass is 9.99. The predicted molar refractivity (Wildman–Crippen MR) is 80.0 cm³/mol. The van der Waals surface area contributed by atoms with E-state index in [4.69, 9.17) is 10.9 Å². The van der Waals surface area contributed by atoms with E-state index >= 15 is 0 Å². The molecule has 112 valence electrons. The summed E-state index contributed by atoms with van der Waals surface area (Å²) < 4.78 is 22.0. The first-order valence-electron chi connectivity index (χ1n) is 7.19. The molecule has 0 aromatic carbocycles. The Morgan fingerprint density at radius 1 is 1.47 bits per heavy atom. The third kappa shape index (κ3) is 4.29. The Bertz CT molecular complexity index is 402. The Labute approximate surface area is 117 Å². The van der Waals surface area contributed by atoms with Gasteiger partial charge in [0.1, 0.15) is 0 Å². The highest BCUT2D eigenvalue weighted by molar-refractivity contribution is 7.90. The lowest BCUT2D eigenvalue weighted by Crippen LogP contribution is -2.36. The van der Waals surface area contributed by atoms with Gasteiger partial charge in [0.25, 0.3) is 0 Å². The molecular formula is C14H28N2O2S. The topological polar surface area (TPSA) is 86.2 Å². The highest BCUT2D eigenvalue weighted by atomic mass is 32.2. The Hall–Kier alpha value is -0.390. The number of hydrogen-bond donors (Lipinski definition) is 2. The monoisotopic (exact) mass is 288 g/mol. The van der Waals surface area contributed by atoms with Gasteiger partial charge < -0.3 is 5.73 Å². The Morgan fingerprint density at radius 2 is 2.00 bits per heavy atom. The molecule has 0 aromatic heterocycles. The van der Waals surface area contributed by atoms with E-state index in [1.165, 1.54) is 0 Å². The van der Waals surface area contributed by atoms with Gasteiger partial charge in [-0.3, -0.25) is 0 Å². The average molecular weight is 288 g/mol. The number of unbranched alkanes of at least 4 members (excludes halogenated alkanes) is 1. The van der Waals surface area contributed by atoms with E-state index in [2.05, 4.69) is 13.5 Å². The standard InChI is InChI=1S/C9H19NO2S.C5H9N/c1-3-4-5-8(2)9(6-7-9)13(10,11)12;1-2-4-3-5(4)6/h8H,3-7H2,1-2H3,(H2,10,11,12);2,4-5H,1,3,6H2. The second-order valence-electron chi connectivity index (χ2n) is 5.95. The molecule has 2 aliphatic rings. The molecule has 2 aliphatic carbocycles. The molecule has 0 aromatic rings. The number of hydrogen-bond acceptors (Lipinski definition) is 3. The quantitative estimate of drug-likeness (QED) is 0.734. The van der Waals surface area contributed by atoms with Crippen LogP contribution in [-0.4, -0.2) is 19.2 Å². The first kappa shape index (κ1) is 16.7. The SMILES string of the molecule is C=CC1CC1N.CCCCC(C)C1(S(N)(=O)=O)CC1. The van der Waals surface area contributed by atoms with Crippen LogP contribution in [0.4, 0.5) is 0 Å². The first-order chi connectivity index (χ1) is 8.78. The van der Waals surface area contributed by atoms with Gasteiger partial charge in [-0.25, -0.2) is 13.6 Å². The van der Waals surface area contributed by atoms with Gasteiger partial charge in [0.2, 0.25) is 10.0 Å². The summed E-state index contributed by atoms with van der Waals surface area (Å²) in [5.74, 6) is 0.868. The fraction of sp³-hybridized carbons (Fsp3) is 0.857. The first-order valence-corrected chi connectivity index (χ1v) is 8.73. The lowest BCUT2D eigenvalue weighted by molar-refractivity contribution is 0.451. The summed E-state index contributed by atoms with van der Waals surface area (Å²) in [6.07, 6.45) is 7.79. The normalized spacial score (nSPS) is 28.8. The molecule has 0 aliphatic heterocycles. The van der Waals surface area contributed by atoms with E-state index in [1.807, 2.05) is 13.0 Å². The van der Waals surface area contributed by atoms with Crippen LogP contribution >= 0.6 is 0 Å². The molecule has 2 saturated carbocycles. The highest BCUT2D eigenvalue weighted by Gasteiger charge is 2.56. The van der Waals surface area contributed by atoms with Crippen LogP contribution in [0.2, 0.25) is 0 Å². The molecule has 0 radical (unpaired) electrons. The van der Waals surface area contributed by atoms with Crippen LogP contribution in [-0.2, 0) is 10.0 Å². The second kappa shape index (κ2) is 6.37.